The largest absolute Gasteiger partial charge is 0.475 e. The smallest absolute Gasteiger partial charge is 0.409 e. The molecule has 2 N–H and O–H groups in total. The van der Waals surface area contributed by atoms with E-state index >= 15 is 0 Å². The minimum Gasteiger partial charge on any atom is -0.475 e. The highest BCUT2D eigenvalue weighted by atomic mass is 16.7. The van der Waals surface area contributed by atoms with E-state index in [9.17, 15) is 4.79 Å². The molecular formula is C18H29N3O7. The van der Waals surface area contributed by atoms with Gasteiger partial charge in [-0.25, -0.2) is 4.79 Å². The number of hydrogen-bond donors (Lipinski definition) is 2. The summed E-state index contributed by atoms with van der Waals surface area (Å²) in [5.41, 5.74) is 0.349. The van der Waals surface area contributed by atoms with E-state index in [1.54, 1.807) is 18.0 Å². The fourth-order valence-corrected chi connectivity index (χ4v) is 3.54. The van der Waals surface area contributed by atoms with Crippen LogP contribution in [-0.4, -0.2) is 73.5 Å². The molecule has 10 nitrogen and oxygen atoms in total. The standard InChI is InChI=1S/C18H29N3O7/c1-24-9-10-25-7-2-8-26-16-15(19-17(22)23)13-21(20-16)14-3-5-18(6-4-14)27-11-12-28-18/h13-14,19H,2-12H2,1H3,(H,22,23). The van der Waals surface area contributed by atoms with Crippen molar-refractivity contribution < 1.29 is 33.6 Å². The van der Waals surface area contributed by atoms with Gasteiger partial charge in [-0.05, 0) is 12.8 Å². The molecule has 0 atom stereocenters. The van der Waals surface area contributed by atoms with Gasteiger partial charge in [0, 0.05) is 33.0 Å². The minimum absolute atomic E-state index is 0.155. The molecule has 28 heavy (non-hydrogen) atoms. The zero-order valence-electron chi connectivity index (χ0n) is 16.2. The van der Waals surface area contributed by atoms with Gasteiger partial charge in [0.1, 0.15) is 5.69 Å². The fraction of sp³-hybridized carbons (Fsp3) is 0.778. The van der Waals surface area contributed by atoms with Crippen LogP contribution in [-0.2, 0) is 18.9 Å². The predicted molar refractivity (Wildman–Crippen MR) is 98.8 cm³/mol. The Morgan fingerprint density at radius 3 is 2.71 bits per heavy atom. The number of hydrogen-bond acceptors (Lipinski definition) is 7. The Balaban J connectivity index is 1.53. The summed E-state index contributed by atoms with van der Waals surface area (Å²) in [5.74, 6) is -0.151. The van der Waals surface area contributed by atoms with Gasteiger partial charge in [-0.1, -0.05) is 0 Å². The van der Waals surface area contributed by atoms with Crippen LogP contribution in [0, 0.1) is 0 Å². The van der Waals surface area contributed by atoms with Gasteiger partial charge in [-0.15, -0.1) is 5.10 Å². The number of amides is 1. The third-order valence-corrected chi connectivity index (χ3v) is 4.95. The lowest BCUT2D eigenvalue weighted by Gasteiger charge is -2.35. The van der Waals surface area contributed by atoms with E-state index in [-0.39, 0.29) is 11.9 Å². The second-order valence-corrected chi connectivity index (χ2v) is 6.90. The zero-order chi connectivity index (χ0) is 19.8. The number of carboxylic acid groups (broad SMARTS) is 1. The van der Waals surface area contributed by atoms with Crippen molar-refractivity contribution in [1.29, 1.82) is 0 Å². The monoisotopic (exact) mass is 399 g/mol. The average molecular weight is 399 g/mol. The van der Waals surface area contributed by atoms with Crippen LogP contribution < -0.4 is 10.1 Å². The summed E-state index contributed by atoms with van der Waals surface area (Å²) in [6.45, 7) is 3.30. The molecule has 1 saturated heterocycles. The van der Waals surface area contributed by atoms with Crippen molar-refractivity contribution in [3.8, 4) is 5.88 Å². The lowest BCUT2D eigenvalue weighted by Crippen LogP contribution is -2.35. The maximum atomic E-state index is 11.1. The number of carbonyl (C=O) groups is 1. The van der Waals surface area contributed by atoms with E-state index < -0.39 is 11.9 Å². The molecule has 2 aliphatic rings. The maximum Gasteiger partial charge on any atom is 0.409 e. The lowest BCUT2D eigenvalue weighted by molar-refractivity contribution is -0.181. The molecule has 158 valence electrons. The van der Waals surface area contributed by atoms with Gasteiger partial charge in [0.25, 0.3) is 5.88 Å². The van der Waals surface area contributed by atoms with Gasteiger partial charge >= 0.3 is 6.09 Å². The van der Waals surface area contributed by atoms with Crippen LogP contribution in [0.15, 0.2) is 6.20 Å². The SMILES string of the molecule is COCCOCCCOc1nn(C2CCC3(CC2)OCCO3)cc1NC(=O)O. The second-order valence-electron chi connectivity index (χ2n) is 6.90. The molecule has 0 radical (unpaired) electrons. The first-order valence-electron chi connectivity index (χ1n) is 9.68. The number of ether oxygens (including phenoxy) is 5. The van der Waals surface area contributed by atoms with Crippen LogP contribution in [0.5, 0.6) is 5.88 Å². The van der Waals surface area contributed by atoms with Crippen molar-refractivity contribution >= 4 is 11.8 Å². The van der Waals surface area contributed by atoms with Crippen molar-refractivity contribution in [2.45, 2.75) is 43.9 Å². The Morgan fingerprint density at radius 1 is 1.29 bits per heavy atom. The van der Waals surface area contributed by atoms with Crippen LogP contribution >= 0.6 is 0 Å². The summed E-state index contributed by atoms with van der Waals surface area (Å²) < 4.78 is 29.3. The van der Waals surface area contributed by atoms with Crippen molar-refractivity contribution in [2.75, 3.05) is 52.1 Å². The molecule has 1 aromatic heterocycles. The molecule has 2 fully saturated rings. The first-order chi connectivity index (χ1) is 13.6. The molecule has 3 rings (SSSR count). The van der Waals surface area contributed by atoms with Gasteiger partial charge in [0.2, 0.25) is 0 Å². The molecule has 0 aromatic carbocycles. The van der Waals surface area contributed by atoms with Crippen LogP contribution in [0.25, 0.3) is 0 Å². The van der Waals surface area contributed by atoms with Gasteiger partial charge in [-0.2, -0.15) is 0 Å². The van der Waals surface area contributed by atoms with E-state index in [1.165, 1.54) is 0 Å². The quantitative estimate of drug-likeness (QED) is 0.576. The average Bonchev–Trinajstić information content (AvgIpc) is 3.29. The number of rotatable bonds is 10. The van der Waals surface area contributed by atoms with Crippen molar-refractivity contribution in [3.05, 3.63) is 6.20 Å². The molecule has 1 aromatic rings. The third kappa shape index (κ3) is 5.57. The van der Waals surface area contributed by atoms with Gasteiger partial charge < -0.3 is 28.8 Å². The molecular weight excluding hydrogens is 370 g/mol. The van der Waals surface area contributed by atoms with E-state index in [0.717, 1.165) is 25.7 Å². The molecule has 0 bridgehead atoms. The number of anilines is 1. The summed E-state index contributed by atoms with van der Waals surface area (Å²) >= 11 is 0. The van der Waals surface area contributed by atoms with E-state index in [0.29, 0.717) is 51.7 Å². The van der Waals surface area contributed by atoms with Gasteiger partial charge in [0.15, 0.2) is 5.79 Å². The number of methoxy groups -OCH3 is 1. The summed E-state index contributed by atoms with van der Waals surface area (Å²) in [6.07, 6.45) is 4.51. The summed E-state index contributed by atoms with van der Waals surface area (Å²) in [6, 6.07) is 0.155. The summed E-state index contributed by atoms with van der Waals surface area (Å²) in [5, 5.41) is 15.9. The Kier molecular flexibility index (Phi) is 7.49. The molecule has 1 amide bonds. The first-order valence-corrected chi connectivity index (χ1v) is 9.68. The van der Waals surface area contributed by atoms with Crippen LogP contribution in [0.1, 0.15) is 38.1 Å². The molecule has 0 unspecified atom stereocenters. The van der Waals surface area contributed by atoms with E-state index in [4.69, 9.17) is 28.8 Å². The molecule has 1 saturated carbocycles. The van der Waals surface area contributed by atoms with Crippen molar-refractivity contribution in [1.82, 2.24) is 9.78 Å². The number of nitrogens with zero attached hydrogens (tertiary/aromatic N) is 2. The third-order valence-electron chi connectivity index (χ3n) is 4.95. The Morgan fingerprint density at radius 2 is 2.04 bits per heavy atom. The summed E-state index contributed by atoms with van der Waals surface area (Å²) in [4.78, 5) is 11.1. The van der Waals surface area contributed by atoms with Crippen LogP contribution in [0.2, 0.25) is 0 Å². The minimum atomic E-state index is -1.15. The highest BCUT2D eigenvalue weighted by molar-refractivity contribution is 5.84. The Labute approximate surface area is 164 Å². The first kappa shape index (κ1) is 20.8. The normalized spacial score (nSPS) is 19.2. The Bertz CT molecular complexity index is 621. The van der Waals surface area contributed by atoms with E-state index in [2.05, 4.69) is 10.4 Å². The van der Waals surface area contributed by atoms with Crippen molar-refractivity contribution in [3.63, 3.8) is 0 Å². The molecule has 10 heteroatoms. The van der Waals surface area contributed by atoms with Gasteiger partial charge in [-0.3, -0.25) is 10.00 Å². The Hall–Kier alpha value is -1.88. The van der Waals surface area contributed by atoms with Gasteiger partial charge in [0.05, 0.1) is 45.3 Å². The van der Waals surface area contributed by atoms with Crippen LogP contribution in [0.4, 0.5) is 10.5 Å². The van der Waals surface area contributed by atoms with Crippen molar-refractivity contribution in [2.24, 2.45) is 0 Å². The lowest BCUT2D eigenvalue weighted by atomic mass is 9.90. The summed E-state index contributed by atoms with van der Waals surface area (Å²) in [7, 11) is 1.62. The highest BCUT2D eigenvalue weighted by Gasteiger charge is 2.41. The topological polar surface area (TPSA) is 113 Å². The second kappa shape index (κ2) is 10.1. The molecule has 1 spiro atoms. The predicted octanol–water partition coefficient (Wildman–Crippen LogP) is 2.26. The molecule has 1 aliphatic heterocycles. The number of nitrogens with one attached hydrogen (secondary N) is 1. The van der Waals surface area contributed by atoms with E-state index in [1.807, 2.05) is 0 Å². The maximum absolute atomic E-state index is 11.1. The fourth-order valence-electron chi connectivity index (χ4n) is 3.54. The highest BCUT2D eigenvalue weighted by Crippen LogP contribution is 2.40. The molecule has 2 heterocycles. The van der Waals surface area contributed by atoms with Crippen LogP contribution in [0.3, 0.4) is 0 Å². The number of aromatic nitrogens is 2. The zero-order valence-corrected chi connectivity index (χ0v) is 16.2. The molecule has 1 aliphatic carbocycles.